The second-order valence-electron chi connectivity index (χ2n) is 7.69. The smallest absolute Gasteiger partial charge is 0.370 e. The van der Waals surface area contributed by atoms with Crippen LogP contribution in [0.4, 0.5) is 5.69 Å². The summed E-state index contributed by atoms with van der Waals surface area (Å²) >= 11 is 0. The number of benzene rings is 1. The molecule has 2 heterocycles. The van der Waals surface area contributed by atoms with Crippen molar-refractivity contribution in [2.45, 2.75) is 44.2 Å². The Morgan fingerprint density at radius 3 is 2.50 bits per heavy atom. The van der Waals surface area contributed by atoms with E-state index in [0.717, 1.165) is 0 Å². The van der Waals surface area contributed by atoms with Crippen molar-refractivity contribution in [1.82, 2.24) is 20.3 Å². The number of nitrogens with one attached hydrogen (secondary N) is 2. The third-order valence-corrected chi connectivity index (χ3v) is 5.14. The van der Waals surface area contributed by atoms with Crippen LogP contribution in [0.2, 0.25) is 0 Å². The summed E-state index contributed by atoms with van der Waals surface area (Å²) in [6.07, 6.45) is -2.17. The number of carbonyl (C=O) groups excluding carboxylic acids is 2. The van der Waals surface area contributed by atoms with Gasteiger partial charge in [-0.05, 0) is 12.1 Å². The lowest BCUT2D eigenvalue weighted by atomic mass is 9.92. The highest BCUT2D eigenvalue weighted by molar-refractivity contribution is 5.93. The maximum atomic E-state index is 11.9. The predicted octanol–water partition coefficient (Wildman–Crippen LogP) is -0.969. The first-order chi connectivity index (χ1) is 16.1. The number of carboxylic acid groups (broad SMARTS) is 1. The van der Waals surface area contributed by atoms with Crippen molar-refractivity contribution in [3.63, 3.8) is 0 Å². The summed E-state index contributed by atoms with van der Waals surface area (Å²) < 4.78 is 6.64. The number of amides is 2. The normalized spacial score (nSPS) is 21.6. The van der Waals surface area contributed by atoms with E-state index in [1.54, 1.807) is 24.3 Å². The lowest BCUT2D eigenvalue weighted by Gasteiger charge is -2.39. The summed E-state index contributed by atoms with van der Waals surface area (Å²) in [5.74, 6) is -2.80. The number of para-hydroxylation sites is 1. The second-order valence-corrected chi connectivity index (χ2v) is 7.69. The average molecular weight is 475 g/mol. The topological polar surface area (TPSA) is 196 Å². The third kappa shape index (κ3) is 5.39. The molecule has 0 radical (unpaired) electrons. The molecule has 1 aliphatic heterocycles. The van der Waals surface area contributed by atoms with Crippen LogP contribution >= 0.6 is 0 Å². The quantitative estimate of drug-likeness (QED) is 0.276. The van der Waals surface area contributed by atoms with Gasteiger partial charge in [0.25, 0.3) is 0 Å². The number of hydrogen-bond acceptors (Lipinski definition) is 9. The van der Waals surface area contributed by atoms with Crippen molar-refractivity contribution < 1.29 is 39.5 Å². The first-order valence-electron chi connectivity index (χ1n) is 10.3. The lowest BCUT2D eigenvalue weighted by molar-refractivity contribution is -0.147. The van der Waals surface area contributed by atoms with Crippen molar-refractivity contribution >= 4 is 23.5 Å². The second kappa shape index (κ2) is 10.4. The van der Waals surface area contributed by atoms with Gasteiger partial charge in [-0.15, -0.1) is 5.10 Å². The number of hydrogen-bond donors (Lipinski definition) is 6. The number of aliphatic hydroxyl groups excluding tert-OH is 3. The van der Waals surface area contributed by atoms with Gasteiger partial charge >= 0.3 is 5.97 Å². The molecule has 0 saturated carbocycles. The van der Waals surface area contributed by atoms with E-state index in [-0.39, 0.29) is 5.91 Å². The molecule has 0 spiro atoms. The summed E-state index contributed by atoms with van der Waals surface area (Å²) in [6, 6.07) is 4.76. The molecule has 0 unspecified atom stereocenters. The van der Waals surface area contributed by atoms with E-state index in [2.05, 4.69) is 20.9 Å². The van der Waals surface area contributed by atoms with E-state index in [9.17, 15) is 34.8 Å². The molecule has 3 rings (SSSR count). The number of carbonyl (C=O) groups is 3. The zero-order valence-corrected chi connectivity index (χ0v) is 18.3. The van der Waals surface area contributed by atoms with Crippen molar-refractivity contribution in [2.75, 3.05) is 11.9 Å². The van der Waals surface area contributed by atoms with Gasteiger partial charge in [0.2, 0.25) is 17.6 Å². The minimum Gasteiger partial charge on any atom is -0.478 e. The van der Waals surface area contributed by atoms with Crippen LogP contribution in [0.3, 0.4) is 0 Å². The van der Waals surface area contributed by atoms with E-state index in [1.807, 2.05) is 0 Å². The number of aliphatic carboxylic acids is 1. The Kier molecular flexibility index (Phi) is 7.61. The Labute approximate surface area is 193 Å². The van der Waals surface area contributed by atoms with E-state index in [1.165, 1.54) is 30.8 Å². The maximum absolute atomic E-state index is 11.9. The Morgan fingerprint density at radius 1 is 1.18 bits per heavy atom. The molecule has 13 heteroatoms. The number of ether oxygens (including phenoxy) is 1. The number of anilines is 1. The van der Waals surface area contributed by atoms with Crippen LogP contribution < -0.4 is 10.6 Å². The first kappa shape index (κ1) is 24.8. The van der Waals surface area contributed by atoms with Gasteiger partial charge in [-0.2, -0.15) is 0 Å². The molecule has 0 aliphatic carbocycles. The number of carboxylic acids is 1. The maximum Gasteiger partial charge on any atom is 0.370 e. The largest absolute Gasteiger partial charge is 0.478 e. The van der Waals surface area contributed by atoms with Gasteiger partial charge < -0.3 is 35.8 Å². The standard InChI is InChI=1S/C21H25N5O8/c1-10(28)22-13-6-4-3-5-12(13)14-8-26(25-24-14)15-7-17(21(32)33)34-20(18(15)23-11(2)29)19(31)16(30)9-27/h3-8,15-16,18-20,27,30-31H,9H2,1-2H3,(H,22,28)(H,23,29)(H,32,33)/t15-,16+,18+,19+,20+/m0/s1. The molecule has 1 aromatic heterocycles. The van der Waals surface area contributed by atoms with Gasteiger partial charge in [0.15, 0.2) is 0 Å². The molecule has 0 saturated heterocycles. The van der Waals surface area contributed by atoms with Crippen molar-refractivity contribution in [2.24, 2.45) is 0 Å². The monoisotopic (exact) mass is 475 g/mol. The molecule has 0 fully saturated rings. The van der Waals surface area contributed by atoms with Crippen molar-refractivity contribution in [3.8, 4) is 11.3 Å². The Morgan fingerprint density at radius 2 is 1.88 bits per heavy atom. The number of nitrogens with zero attached hydrogens (tertiary/aromatic N) is 3. The first-order valence-corrected chi connectivity index (χ1v) is 10.3. The predicted molar refractivity (Wildman–Crippen MR) is 116 cm³/mol. The van der Waals surface area contributed by atoms with Crippen LogP contribution in [0.5, 0.6) is 0 Å². The molecule has 6 N–H and O–H groups in total. The van der Waals surface area contributed by atoms with Gasteiger partial charge in [-0.3, -0.25) is 9.59 Å². The molecular weight excluding hydrogens is 450 g/mol. The minimum atomic E-state index is -1.74. The number of aliphatic hydroxyl groups is 3. The molecule has 34 heavy (non-hydrogen) atoms. The Hall–Kier alpha value is -3.81. The molecule has 182 valence electrons. The summed E-state index contributed by atoms with van der Waals surface area (Å²) in [4.78, 5) is 35.1. The van der Waals surface area contributed by atoms with Crippen molar-refractivity contribution in [1.29, 1.82) is 0 Å². The highest BCUT2D eigenvalue weighted by Crippen LogP contribution is 2.32. The highest BCUT2D eigenvalue weighted by Gasteiger charge is 2.44. The van der Waals surface area contributed by atoms with E-state index < -0.39 is 54.6 Å². The zero-order valence-electron chi connectivity index (χ0n) is 18.3. The van der Waals surface area contributed by atoms with Crippen LogP contribution in [0.15, 0.2) is 42.3 Å². The Bertz CT molecular complexity index is 1100. The summed E-state index contributed by atoms with van der Waals surface area (Å²) in [7, 11) is 0. The minimum absolute atomic E-state index is 0.289. The van der Waals surface area contributed by atoms with Crippen LogP contribution in [0, 0.1) is 0 Å². The molecule has 1 aliphatic rings. The van der Waals surface area contributed by atoms with E-state index in [4.69, 9.17) is 4.74 Å². The molecule has 2 aromatic rings. The molecule has 5 atom stereocenters. The molecule has 0 bridgehead atoms. The SMILES string of the molecule is CC(=O)Nc1ccccc1-c1cn([C@H]2C=C(C(=O)O)O[C@@H]([C@H](O)[C@H](O)CO)[C@@H]2NC(C)=O)nn1. The number of aromatic nitrogens is 3. The van der Waals surface area contributed by atoms with E-state index in [0.29, 0.717) is 16.9 Å². The lowest BCUT2D eigenvalue weighted by Crippen LogP contribution is -2.58. The summed E-state index contributed by atoms with van der Waals surface area (Å²) in [5, 5.41) is 52.6. The average Bonchev–Trinajstić information content (AvgIpc) is 3.27. The van der Waals surface area contributed by atoms with Gasteiger partial charge in [-0.1, -0.05) is 23.4 Å². The molecule has 13 nitrogen and oxygen atoms in total. The van der Waals surface area contributed by atoms with Gasteiger partial charge in [0.1, 0.15) is 24.0 Å². The fourth-order valence-electron chi connectivity index (χ4n) is 3.64. The fourth-order valence-corrected chi connectivity index (χ4v) is 3.64. The molecular formula is C21H25N5O8. The van der Waals surface area contributed by atoms with Crippen LogP contribution in [-0.4, -0.2) is 84.2 Å². The van der Waals surface area contributed by atoms with Crippen molar-refractivity contribution in [3.05, 3.63) is 42.3 Å². The van der Waals surface area contributed by atoms with Gasteiger partial charge in [0, 0.05) is 19.4 Å². The Balaban J connectivity index is 2.06. The fraction of sp³-hybridized carbons (Fsp3) is 0.381. The zero-order chi connectivity index (χ0) is 25.0. The van der Waals surface area contributed by atoms with Crippen LogP contribution in [0.1, 0.15) is 19.9 Å². The van der Waals surface area contributed by atoms with Gasteiger partial charge in [-0.25, -0.2) is 9.48 Å². The molecule has 2 amide bonds. The summed E-state index contributed by atoms with van der Waals surface area (Å²) in [5.41, 5.74) is 1.37. The highest BCUT2D eigenvalue weighted by atomic mass is 16.5. The summed E-state index contributed by atoms with van der Waals surface area (Å²) in [6.45, 7) is 1.76. The van der Waals surface area contributed by atoms with Crippen LogP contribution in [-0.2, 0) is 19.1 Å². The van der Waals surface area contributed by atoms with Gasteiger partial charge in [0.05, 0.1) is 30.6 Å². The van der Waals surface area contributed by atoms with Crippen LogP contribution in [0.25, 0.3) is 11.3 Å². The number of rotatable bonds is 8. The molecule has 1 aromatic carbocycles. The third-order valence-electron chi connectivity index (χ3n) is 5.14. The van der Waals surface area contributed by atoms with E-state index >= 15 is 0 Å².